The SMILES string of the molecule is CC(C)(C)OC(=O)N[C@H]1C[C@H](C(=O)NN)C1. The Balaban J connectivity index is 2.22. The first-order valence-electron chi connectivity index (χ1n) is 5.32. The fourth-order valence-electron chi connectivity index (χ4n) is 1.54. The molecule has 0 aliphatic heterocycles. The maximum absolute atomic E-state index is 11.3. The summed E-state index contributed by atoms with van der Waals surface area (Å²) in [7, 11) is 0. The minimum atomic E-state index is -0.498. The number of rotatable bonds is 2. The van der Waals surface area contributed by atoms with Gasteiger partial charge in [0, 0.05) is 12.0 Å². The molecule has 0 unspecified atom stereocenters. The number of hydrogen-bond acceptors (Lipinski definition) is 4. The molecule has 0 spiro atoms. The predicted molar refractivity (Wildman–Crippen MR) is 58.2 cm³/mol. The first-order chi connectivity index (χ1) is 7.31. The summed E-state index contributed by atoms with van der Waals surface area (Å²) in [6.45, 7) is 5.41. The topological polar surface area (TPSA) is 93.4 Å². The fraction of sp³-hybridized carbons (Fsp3) is 0.800. The molecule has 1 fully saturated rings. The van der Waals surface area contributed by atoms with Gasteiger partial charge >= 0.3 is 6.09 Å². The second-order valence-electron chi connectivity index (χ2n) is 5.02. The highest BCUT2D eigenvalue weighted by Gasteiger charge is 2.35. The Hall–Kier alpha value is -1.30. The zero-order valence-electron chi connectivity index (χ0n) is 9.87. The van der Waals surface area contributed by atoms with Crippen molar-refractivity contribution < 1.29 is 14.3 Å². The summed E-state index contributed by atoms with van der Waals surface area (Å²) in [4.78, 5) is 22.4. The van der Waals surface area contributed by atoms with Crippen molar-refractivity contribution in [1.29, 1.82) is 0 Å². The van der Waals surface area contributed by atoms with Crippen LogP contribution in [0.3, 0.4) is 0 Å². The van der Waals surface area contributed by atoms with Crippen LogP contribution in [0.25, 0.3) is 0 Å². The third kappa shape index (κ3) is 3.69. The average molecular weight is 229 g/mol. The summed E-state index contributed by atoms with van der Waals surface area (Å²) in [5.41, 5.74) is 1.60. The Morgan fingerprint density at radius 1 is 1.31 bits per heavy atom. The normalized spacial score (nSPS) is 24.2. The summed E-state index contributed by atoms with van der Waals surface area (Å²) in [6, 6.07) is 0.0112. The average Bonchev–Trinajstić information content (AvgIpc) is 2.06. The van der Waals surface area contributed by atoms with Crippen molar-refractivity contribution in [2.24, 2.45) is 11.8 Å². The fourth-order valence-corrected chi connectivity index (χ4v) is 1.54. The van der Waals surface area contributed by atoms with E-state index in [9.17, 15) is 9.59 Å². The number of alkyl carbamates (subject to hydrolysis) is 1. The monoisotopic (exact) mass is 229 g/mol. The molecule has 6 nitrogen and oxygen atoms in total. The van der Waals surface area contributed by atoms with Gasteiger partial charge in [0.05, 0.1) is 0 Å². The molecular formula is C10H19N3O3. The molecule has 0 bridgehead atoms. The van der Waals surface area contributed by atoms with Crippen molar-refractivity contribution >= 4 is 12.0 Å². The van der Waals surface area contributed by atoms with Gasteiger partial charge < -0.3 is 10.1 Å². The molecule has 0 aromatic carbocycles. The second-order valence-corrected chi connectivity index (χ2v) is 5.02. The van der Waals surface area contributed by atoms with Crippen LogP contribution in [0.1, 0.15) is 33.6 Å². The number of hydrogen-bond donors (Lipinski definition) is 3. The van der Waals surface area contributed by atoms with Gasteiger partial charge in [-0.05, 0) is 33.6 Å². The Bertz CT molecular complexity index is 280. The van der Waals surface area contributed by atoms with Crippen LogP contribution in [0, 0.1) is 5.92 Å². The molecule has 1 rings (SSSR count). The molecule has 1 saturated carbocycles. The van der Waals surface area contributed by atoms with E-state index in [1.54, 1.807) is 20.8 Å². The maximum atomic E-state index is 11.3. The number of amides is 2. The van der Waals surface area contributed by atoms with Crippen molar-refractivity contribution in [2.45, 2.75) is 45.3 Å². The van der Waals surface area contributed by atoms with Crippen LogP contribution in [-0.2, 0) is 9.53 Å². The highest BCUT2D eigenvalue weighted by molar-refractivity contribution is 5.79. The van der Waals surface area contributed by atoms with E-state index in [1.807, 2.05) is 0 Å². The molecule has 0 heterocycles. The van der Waals surface area contributed by atoms with E-state index in [0.717, 1.165) is 0 Å². The molecule has 1 aliphatic carbocycles. The molecular weight excluding hydrogens is 210 g/mol. The molecule has 0 saturated heterocycles. The molecule has 0 atom stereocenters. The second kappa shape index (κ2) is 4.69. The quantitative estimate of drug-likeness (QED) is 0.360. The first-order valence-corrected chi connectivity index (χ1v) is 5.32. The summed E-state index contributed by atoms with van der Waals surface area (Å²) in [6.07, 6.45) is 0.786. The summed E-state index contributed by atoms with van der Waals surface area (Å²) < 4.78 is 5.09. The van der Waals surface area contributed by atoms with Crippen molar-refractivity contribution in [2.75, 3.05) is 0 Å². The Morgan fingerprint density at radius 3 is 2.31 bits per heavy atom. The van der Waals surface area contributed by atoms with E-state index in [1.165, 1.54) is 0 Å². The third-order valence-electron chi connectivity index (χ3n) is 2.37. The van der Waals surface area contributed by atoms with E-state index in [0.29, 0.717) is 12.8 Å². The van der Waals surface area contributed by atoms with Crippen molar-refractivity contribution in [3.8, 4) is 0 Å². The Labute approximate surface area is 94.9 Å². The minimum absolute atomic E-state index is 0.0112. The lowest BCUT2D eigenvalue weighted by Gasteiger charge is -2.34. The summed E-state index contributed by atoms with van der Waals surface area (Å²) in [5.74, 6) is 4.73. The number of ether oxygens (including phenoxy) is 1. The van der Waals surface area contributed by atoms with E-state index in [4.69, 9.17) is 10.6 Å². The standard InChI is InChI=1S/C10H19N3O3/c1-10(2,3)16-9(15)12-7-4-6(5-7)8(14)13-11/h6-7H,4-5,11H2,1-3H3,(H,12,15)(H,13,14)/t6-,7-. The molecule has 4 N–H and O–H groups in total. The van der Waals surface area contributed by atoms with E-state index in [2.05, 4.69) is 10.7 Å². The van der Waals surface area contributed by atoms with Crippen LogP contribution in [0.4, 0.5) is 4.79 Å². The molecule has 16 heavy (non-hydrogen) atoms. The van der Waals surface area contributed by atoms with Crippen molar-refractivity contribution in [1.82, 2.24) is 10.7 Å². The Kier molecular flexibility index (Phi) is 3.74. The van der Waals surface area contributed by atoms with Gasteiger partial charge in [-0.15, -0.1) is 0 Å². The number of carbonyl (C=O) groups excluding carboxylic acids is 2. The number of nitrogens with two attached hydrogens (primary N) is 1. The molecule has 92 valence electrons. The largest absolute Gasteiger partial charge is 0.444 e. The molecule has 2 amide bonds. The lowest BCUT2D eigenvalue weighted by atomic mass is 9.80. The number of hydrazine groups is 1. The number of nitrogens with one attached hydrogen (secondary N) is 2. The summed E-state index contributed by atoms with van der Waals surface area (Å²) >= 11 is 0. The van der Waals surface area contributed by atoms with Crippen LogP contribution in [-0.4, -0.2) is 23.6 Å². The van der Waals surface area contributed by atoms with Gasteiger partial charge in [0.1, 0.15) is 5.60 Å². The van der Waals surface area contributed by atoms with Crippen molar-refractivity contribution in [3.05, 3.63) is 0 Å². The zero-order chi connectivity index (χ0) is 12.3. The zero-order valence-corrected chi connectivity index (χ0v) is 9.87. The van der Waals surface area contributed by atoms with Gasteiger partial charge in [-0.3, -0.25) is 10.2 Å². The molecule has 0 aromatic heterocycles. The molecule has 6 heteroatoms. The van der Waals surface area contributed by atoms with Crippen LogP contribution >= 0.6 is 0 Å². The van der Waals surface area contributed by atoms with Crippen LogP contribution in [0.15, 0.2) is 0 Å². The minimum Gasteiger partial charge on any atom is -0.444 e. The van der Waals surface area contributed by atoms with Gasteiger partial charge in [-0.2, -0.15) is 0 Å². The van der Waals surface area contributed by atoms with Crippen molar-refractivity contribution in [3.63, 3.8) is 0 Å². The van der Waals surface area contributed by atoms with Crippen LogP contribution in [0.2, 0.25) is 0 Å². The number of carbonyl (C=O) groups is 2. The first kappa shape index (κ1) is 12.8. The van der Waals surface area contributed by atoms with E-state index >= 15 is 0 Å². The summed E-state index contributed by atoms with van der Waals surface area (Å²) in [5, 5.41) is 2.70. The van der Waals surface area contributed by atoms with Crippen LogP contribution < -0.4 is 16.6 Å². The van der Waals surface area contributed by atoms with Gasteiger partial charge in [0.2, 0.25) is 5.91 Å². The van der Waals surface area contributed by atoms with Gasteiger partial charge in [0.25, 0.3) is 0 Å². The van der Waals surface area contributed by atoms with Crippen LogP contribution in [0.5, 0.6) is 0 Å². The highest BCUT2D eigenvalue weighted by atomic mass is 16.6. The van der Waals surface area contributed by atoms with Gasteiger partial charge in [-0.25, -0.2) is 10.6 Å². The molecule has 0 aromatic rings. The predicted octanol–water partition coefficient (Wildman–Crippen LogP) is 0.280. The van der Waals surface area contributed by atoms with Gasteiger partial charge in [0.15, 0.2) is 0 Å². The van der Waals surface area contributed by atoms with E-state index < -0.39 is 11.7 Å². The third-order valence-corrected chi connectivity index (χ3v) is 2.37. The maximum Gasteiger partial charge on any atom is 0.407 e. The highest BCUT2D eigenvalue weighted by Crippen LogP contribution is 2.27. The molecule has 1 aliphatic rings. The smallest absolute Gasteiger partial charge is 0.407 e. The Morgan fingerprint density at radius 2 is 1.88 bits per heavy atom. The lowest BCUT2D eigenvalue weighted by Crippen LogP contribution is -2.51. The van der Waals surface area contributed by atoms with Gasteiger partial charge in [-0.1, -0.05) is 0 Å². The lowest BCUT2D eigenvalue weighted by molar-refractivity contribution is -0.128. The van der Waals surface area contributed by atoms with E-state index in [-0.39, 0.29) is 17.9 Å². The molecule has 0 radical (unpaired) electrons.